The molecule has 0 radical (unpaired) electrons. The Morgan fingerprint density at radius 2 is 2.14 bits per heavy atom. The van der Waals surface area contributed by atoms with Crippen LogP contribution < -0.4 is 16.6 Å². The van der Waals surface area contributed by atoms with Crippen LogP contribution in [0.1, 0.15) is 24.6 Å². The first kappa shape index (κ1) is 14.5. The summed E-state index contributed by atoms with van der Waals surface area (Å²) in [4.78, 5) is 13.7. The van der Waals surface area contributed by atoms with Crippen molar-refractivity contribution in [2.45, 2.75) is 26.2 Å². The van der Waals surface area contributed by atoms with Crippen molar-refractivity contribution in [2.24, 2.45) is 5.84 Å². The van der Waals surface area contributed by atoms with Crippen LogP contribution in [0.3, 0.4) is 0 Å². The third-order valence-electron chi connectivity index (χ3n) is 3.84. The maximum Gasteiger partial charge on any atom is 0.240 e. The van der Waals surface area contributed by atoms with Crippen LogP contribution in [0.5, 0.6) is 0 Å². The maximum absolute atomic E-state index is 5.47. The summed E-state index contributed by atoms with van der Waals surface area (Å²) in [7, 11) is 0. The summed E-state index contributed by atoms with van der Waals surface area (Å²) >= 11 is 1.70. The van der Waals surface area contributed by atoms with Crippen molar-refractivity contribution in [3.05, 3.63) is 10.9 Å². The zero-order valence-corrected chi connectivity index (χ0v) is 13.2. The van der Waals surface area contributed by atoms with Gasteiger partial charge in [0, 0.05) is 18.0 Å². The molecule has 0 unspecified atom stereocenters. The van der Waals surface area contributed by atoms with E-state index in [4.69, 9.17) is 5.84 Å². The minimum Gasteiger partial charge on any atom is -0.368 e. The van der Waals surface area contributed by atoms with Crippen LogP contribution in [0.15, 0.2) is 6.07 Å². The molecule has 21 heavy (non-hydrogen) atoms. The SMILES string of the molecule is CCc1cc2c(NCCN3CCCC3)nc(NN)nc2s1. The largest absolute Gasteiger partial charge is 0.368 e. The average Bonchev–Trinajstić information content (AvgIpc) is 3.15. The Morgan fingerprint density at radius 3 is 2.86 bits per heavy atom. The smallest absolute Gasteiger partial charge is 0.240 e. The molecule has 1 saturated heterocycles. The lowest BCUT2D eigenvalue weighted by Gasteiger charge is -2.15. The van der Waals surface area contributed by atoms with Gasteiger partial charge in [-0.2, -0.15) is 4.98 Å². The van der Waals surface area contributed by atoms with Gasteiger partial charge in [0.05, 0.1) is 5.39 Å². The zero-order chi connectivity index (χ0) is 14.7. The number of thiophene rings is 1. The molecule has 2 aromatic heterocycles. The number of hydrogen-bond donors (Lipinski definition) is 3. The molecule has 0 atom stereocenters. The van der Waals surface area contributed by atoms with E-state index in [0.29, 0.717) is 5.95 Å². The van der Waals surface area contributed by atoms with Gasteiger partial charge >= 0.3 is 0 Å². The highest BCUT2D eigenvalue weighted by atomic mass is 32.1. The molecule has 4 N–H and O–H groups in total. The Balaban J connectivity index is 1.76. The Kier molecular flexibility index (Phi) is 4.52. The van der Waals surface area contributed by atoms with Crippen molar-refractivity contribution in [1.29, 1.82) is 0 Å². The molecule has 3 heterocycles. The minimum absolute atomic E-state index is 0.468. The Morgan fingerprint density at radius 1 is 1.33 bits per heavy atom. The van der Waals surface area contributed by atoms with E-state index in [9.17, 15) is 0 Å². The number of aromatic nitrogens is 2. The third-order valence-corrected chi connectivity index (χ3v) is 5.01. The van der Waals surface area contributed by atoms with Crippen LogP contribution in [0, 0.1) is 0 Å². The summed E-state index contributed by atoms with van der Waals surface area (Å²) < 4.78 is 0. The highest BCUT2D eigenvalue weighted by Gasteiger charge is 2.13. The summed E-state index contributed by atoms with van der Waals surface area (Å²) in [5.74, 6) is 6.82. The van der Waals surface area contributed by atoms with E-state index in [1.165, 1.54) is 30.8 Å². The number of anilines is 2. The number of nitrogens with one attached hydrogen (secondary N) is 2. The second-order valence-electron chi connectivity index (χ2n) is 5.30. The van der Waals surface area contributed by atoms with E-state index in [-0.39, 0.29) is 0 Å². The van der Waals surface area contributed by atoms with Crippen molar-refractivity contribution < 1.29 is 0 Å². The predicted molar refractivity (Wildman–Crippen MR) is 88.8 cm³/mol. The van der Waals surface area contributed by atoms with Crippen LogP contribution in [0.2, 0.25) is 0 Å². The van der Waals surface area contributed by atoms with E-state index in [2.05, 4.69) is 38.6 Å². The molecule has 7 heteroatoms. The van der Waals surface area contributed by atoms with Crippen molar-refractivity contribution in [3.63, 3.8) is 0 Å². The topological polar surface area (TPSA) is 79.1 Å². The van der Waals surface area contributed by atoms with Gasteiger partial charge in [0.25, 0.3) is 0 Å². The molecule has 0 saturated carbocycles. The number of nitrogen functional groups attached to an aromatic ring is 1. The van der Waals surface area contributed by atoms with E-state index in [1.54, 1.807) is 11.3 Å². The fourth-order valence-corrected chi connectivity index (χ4v) is 3.65. The molecule has 114 valence electrons. The van der Waals surface area contributed by atoms with Gasteiger partial charge in [-0.15, -0.1) is 11.3 Å². The lowest BCUT2D eigenvalue weighted by molar-refractivity contribution is 0.352. The Bertz CT molecular complexity index is 605. The van der Waals surface area contributed by atoms with Crippen LogP contribution >= 0.6 is 11.3 Å². The molecule has 1 aliphatic rings. The minimum atomic E-state index is 0.468. The molecule has 0 aliphatic carbocycles. The number of aryl methyl sites for hydroxylation is 1. The number of nitrogens with two attached hydrogens (primary N) is 1. The van der Waals surface area contributed by atoms with Gasteiger partial charge in [-0.1, -0.05) is 6.92 Å². The number of fused-ring (bicyclic) bond motifs is 1. The molecule has 2 aromatic rings. The van der Waals surface area contributed by atoms with Gasteiger partial charge in [0.15, 0.2) is 0 Å². The molecule has 1 aliphatic heterocycles. The maximum atomic E-state index is 5.47. The summed E-state index contributed by atoms with van der Waals surface area (Å²) in [6.07, 6.45) is 3.66. The summed E-state index contributed by atoms with van der Waals surface area (Å²) in [5, 5.41) is 4.54. The molecule has 0 spiro atoms. The van der Waals surface area contributed by atoms with Crippen molar-refractivity contribution in [2.75, 3.05) is 36.9 Å². The van der Waals surface area contributed by atoms with Crippen LogP contribution in [0.25, 0.3) is 10.2 Å². The first-order valence-corrected chi connectivity index (χ1v) is 8.35. The fraction of sp³-hybridized carbons (Fsp3) is 0.571. The first-order chi connectivity index (χ1) is 10.3. The van der Waals surface area contributed by atoms with Gasteiger partial charge in [-0.3, -0.25) is 5.43 Å². The quantitative estimate of drug-likeness (QED) is 0.560. The Labute approximate surface area is 128 Å². The van der Waals surface area contributed by atoms with Crippen LogP contribution in [-0.4, -0.2) is 41.0 Å². The molecular weight excluding hydrogens is 284 g/mol. The number of hydrazine groups is 1. The molecule has 6 nitrogen and oxygen atoms in total. The Hall–Kier alpha value is -1.44. The number of nitrogens with zero attached hydrogens (tertiary/aromatic N) is 3. The second kappa shape index (κ2) is 6.55. The van der Waals surface area contributed by atoms with E-state index >= 15 is 0 Å². The molecule has 0 aromatic carbocycles. The molecular formula is C14H22N6S. The van der Waals surface area contributed by atoms with Crippen LogP contribution in [0.4, 0.5) is 11.8 Å². The number of likely N-dealkylation sites (tertiary alicyclic amines) is 1. The number of hydrogen-bond acceptors (Lipinski definition) is 7. The summed E-state index contributed by atoms with van der Waals surface area (Å²) in [5.41, 5.74) is 2.55. The highest BCUT2D eigenvalue weighted by Crippen LogP contribution is 2.30. The fourth-order valence-electron chi connectivity index (χ4n) is 2.68. The van der Waals surface area contributed by atoms with Gasteiger partial charge in [0.2, 0.25) is 5.95 Å². The lowest BCUT2D eigenvalue weighted by Crippen LogP contribution is -2.26. The van der Waals surface area contributed by atoms with Crippen LogP contribution in [-0.2, 0) is 6.42 Å². The second-order valence-corrected chi connectivity index (χ2v) is 6.42. The average molecular weight is 306 g/mol. The van der Waals surface area contributed by atoms with Crippen molar-refractivity contribution in [3.8, 4) is 0 Å². The monoisotopic (exact) mass is 306 g/mol. The van der Waals surface area contributed by atoms with Crippen molar-refractivity contribution in [1.82, 2.24) is 14.9 Å². The van der Waals surface area contributed by atoms with E-state index in [0.717, 1.165) is 35.5 Å². The van der Waals surface area contributed by atoms with E-state index < -0.39 is 0 Å². The lowest BCUT2D eigenvalue weighted by atomic mass is 10.3. The van der Waals surface area contributed by atoms with E-state index in [1.807, 2.05) is 0 Å². The first-order valence-electron chi connectivity index (χ1n) is 7.53. The van der Waals surface area contributed by atoms with Gasteiger partial charge < -0.3 is 10.2 Å². The van der Waals surface area contributed by atoms with Gasteiger partial charge in [-0.05, 0) is 38.4 Å². The van der Waals surface area contributed by atoms with Gasteiger partial charge in [-0.25, -0.2) is 10.8 Å². The molecule has 3 rings (SSSR count). The predicted octanol–water partition coefficient (Wildman–Crippen LogP) is 2.05. The van der Waals surface area contributed by atoms with Crippen molar-refractivity contribution >= 4 is 33.3 Å². The standard InChI is InChI=1S/C14H22N6S/c1-2-10-9-11-12(16-5-8-20-6-3-4-7-20)17-14(19-15)18-13(11)21-10/h9H,2-8,15H2,1H3,(H2,16,17,18,19). The molecule has 1 fully saturated rings. The molecule has 0 bridgehead atoms. The third kappa shape index (κ3) is 3.25. The van der Waals surface area contributed by atoms with Gasteiger partial charge in [0.1, 0.15) is 10.6 Å². The highest BCUT2D eigenvalue weighted by molar-refractivity contribution is 7.18. The molecule has 0 amide bonds. The summed E-state index contributed by atoms with van der Waals surface area (Å²) in [6, 6.07) is 2.18. The summed E-state index contributed by atoms with van der Waals surface area (Å²) in [6.45, 7) is 6.54. The normalized spacial score (nSPS) is 15.7. The number of rotatable bonds is 6. The zero-order valence-electron chi connectivity index (χ0n) is 12.4.